The third-order valence-electron chi connectivity index (χ3n) is 2.69. The summed E-state index contributed by atoms with van der Waals surface area (Å²) in [5.41, 5.74) is 5.49. The Kier molecular flexibility index (Phi) is 7.14. The molecule has 4 heteroatoms. The minimum Gasteiger partial charge on any atom is -0.481 e. The van der Waals surface area contributed by atoms with Crippen molar-refractivity contribution in [3.8, 4) is 11.5 Å². The van der Waals surface area contributed by atoms with E-state index in [1.807, 2.05) is 5.70 Å². The Morgan fingerprint density at radius 1 is 1.33 bits per heavy atom. The molecule has 1 aromatic carbocycles. The van der Waals surface area contributed by atoms with Gasteiger partial charge in [0.05, 0.1) is 0 Å². The summed E-state index contributed by atoms with van der Waals surface area (Å²) in [6.45, 7) is 12.6. The van der Waals surface area contributed by atoms with Gasteiger partial charge in [0.2, 0.25) is 0 Å². The van der Waals surface area contributed by atoms with Crippen LogP contribution in [0.4, 0.5) is 0 Å². The van der Waals surface area contributed by atoms with E-state index >= 15 is 0 Å². The van der Waals surface area contributed by atoms with E-state index in [9.17, 15) is 5.11 Å². The van der Waals surface area contributed by atoms with E-state index in [0.717, 1.165) is 6.92 Å². The molecular formula is C17H24O3Si. The van der Waals surface area contributed by atoms with Crippen molar-refractivity contribution in [2.75, 3.05) is 0 Å². The van der Waals surface area contributed by atoms with Crippen LogP contribution in [0.15, 0.2) is 36.5 Å². The largest absolute Gasteiger partial charge is 0.481 e. The summed E-state index contributed by atoms with van der Waals surface area (Å²) in [4.78, 5) is 9.00. The van der Waals surface area contributed by atoms with Crippen molar-refractivity contribution in [1.82, 2.24) is 0 Å². The van der Waals surface area contributed by atoms with Gasteiger partial charge in [0.25, 0.3) is 5.97 Å². The Balaban J connectivity index is 0.000000885. The quantitative estimate of drug-likeness (QED) is 0.651. The first-order valence-electron chi connectivity index (χ1n) is 6.67. The molecular weight excluding hydrogens is 280 g/mol. The first kappa shape index (κ1) is 19.2. The van der Waals surface area contributed by atoms with Crippen molar-refractivity contribution in [3.63, 3.8) is 0 Å². The van der Waals surface area contributed by atoms with E-state index in [1.54, 1.807) is 13.8 Å². The van der Waals surface area contributed by atoms with Gasteiger partial charge in [-0.15, -0.1) is 12.1 Å². The number of hydrogen-bond donors (Lipinski definition) is 2. The van der Waals surface area contributed by atoms with Crippen LogP contribution in [0.1, 0.15) is 26.3 Å². The Bertz CT molecular complexity index is 540. The molecule has 0 aliphatic rings. The Labute approximate surface area is 128 Å². The Morgan fingerprint density at radius 2 is 1.76 bits per heavy atom. The molecule has 114 valence electrons. The molecule has 0 amide bonds. The number of hydrogen-bond acceptors (Lipinski definition) is 2. The third kappa shape index (κ3) is 8.13. The highest BCUT2D eigenvalue weighted by Crippen LogP contribution is 2.07. The zero-order chi connectivity index (χ0) is 16.7. The molecule has 21 heavy (non-hydrogen) atoms. The minimum absolute atomic E-state index is 0.833. The summed E-state index contributed by atoms with van der Waals surface area (Å²) in [5.74, 6) is 2.09. The highest BCUT2D eigenvalue weighted by atomic mass is 28.3. The van der Waals surface area contributed by atoms with E-state index in [-0.39, 0.29) is 0 Å². The molecule has 1 rings (SSSR count). The monoisotopic (exact) mass is 304 g/mol. The average molecular weight is 304 g/mol. The summed E-state index contributed by atoms with van der Waals surface area (Å²) in [6.07, 6.45) is 0. The standard InChI is InChI=1S/C15H20OSi.C2H4O2/c1-6-17(5,12-11-15(3,4)16)14-9-7-13(2)8-10-14;1-2(3)4/h6-10,16H,1H2,2-5H3;1H3,(H,3,4). The predicted octanol–water partition coefficient (Wildman–Crippen LogP) is 2.41. The van der Waals surface area contributed by atoms with E-state index in [4.69, 9.17) is 9.90 Å². The summed E-state index contributed by atoms with van der Waals surface area (Å²) in [6, 6.07) is 8.41. The smallest absolute Gasteiger partial charge is 0.300 e. The maximum atomic E-state index is 9.68. The number of aryl methyl sites for hydroxylation is 1. The number of carbonyl (C=O) groups is 1. The highest BCUT2D eigenvalue weighted by molar-refractivity contribution is 7.01. The number of benzene rings is 1. The lowest BCUT2D eigenvalue weighted by Gasteiger charge is -2.18. The number of carboxylic acid groups (broad SMARTS) is 1. The van der Waals surface area contributed by atoms with E-state index in [1.165, 1.54) is 10.8 Å². The average Bonchev–Trinajstić information content (AvgIpc) is 2.35. The molecule has 0 radical (unpaired) electrons. The van der Waals surface area contributed by atoms with Gasteiger partial charge >= 0.3 is 0 Å². The zero-order valence-corrected chi connectivity index (χ0v) is 14.4. The second-order valence-electron chi connectivity index (χ2n) is 5.60. The summed E-state index contributed by atoms with van der Waals surface area (Å²) >= 11 is 0. The lowest BCUT2D eigenvalue weighted by atomic mass is 10.2. The molecule has 0 saturated heterocycles. The molecule has 0 bridgehead atoms. The van der Waals surface area contributed by atoms with Gasteiger partial charge in [0, 0.05) is 6.92 Å². The van der Waals surface area contributed by atoms with Gasteiger partial charge in [-0.3, -0.25) is 4.79 Å². The van der Waals surface area contributed by atoms with Gasteiger partial charge in [-0.05, 0) is 26.0 Å². The van der Waals surface area contributed by atoms with Crippen molar-refractivity contribution < 1.29 is 15.0 Å². The van der Waals surface area contributed by atoms with Crippen LogP contribution in [-0.4, -0.2) is 29.9 Å². The van der Waals surface area contributed by atoms with Crippen molar-refractivity contribution in [2.24, 2.45) is 0 Å². The fourth-order valence-electron chi connectivity index (χ4n) is 1.42. The minimum atomic E-state index is -1.99. The Morgan fingerprint density at radius 3 is 2.10 bits per heavy atom. The second-order valence-corrected chi connectivity index (χ2v) is 9.24. The molecule has 1 aromatic rings. The molecule has 1 atom stereocenters. The van der Waals surface area contributed by atoms with Crippen molar-refractivity contribution in [1.29, 1.82) is 0 Å². The molecule has 0 saturated carbocycles. The number of aliphatic hydroxyl groups is 1. The molecule has 0 aliphatic heterocycles. The molecule has 3 nitrogen and oxygen atoms in total. The highest BCUT2D eigenvalue weighted by Gasteiger charge is 2.24. The maximum Gasteiger partial charge on any atom is 0.300 e. The molecule has 0 spiro atoms. The van der Waals surface area contributed by atoms with Gasteiger partial charge in [-0.1, -0.05) is 48.0 Å². The SMILES string of the molecule is C=C[Si](C)(C#CC(C)(C)O)c1ccc(C)cc1.CC(=O)O. The summed E-state index contributed by atoms with van der Waals surface area (Å²) in [5, 5.41) is 18.3. The fraction of sp³-hybridized carbons (Fsp3) is 0.353. The van der Waals surface area contributed by atoms with Crippen LogP contribution in [0.5, 0.6) is 0 Å². The lowest BCUT2D eigenvalue weighted by Crippen LogP contribution is -2.42. The number of aliphatic carboxylic acids is 1. The second kappa shape index (κ2) is 7.82. The topological polar surface area (TPSA) is 57.5 Å². The summed E-state index contributed by atoms with van der Waals surface area (Å²) in [7, 11) is -1.99. The van der Waals surface area contributed by atoms with E-state index < -0.39 is 19.6 Å². The number of rotatable bonds is 2. The molecule has 0 heterocycles. The molecule has 0 aromatic heterocycles. The zero-order valence-electron chi connectivity index (χ0n) is 13.4. The van der Waals surface area contributed by atoms with E-state index in [2.05, 4.69) is 55.8 Å². The Hall–Kier alpha value is -1.83. The van der Waals surface area contributed by atoms with Crippen LogP contribution in [-0.2, 0) is 4.79 Å². The van der Waals surface area contributed by atoms with Gasteiger partial charge in [-0.25, -0.2) is 0 Å². The van der Waals surface area contributed by atoms with Crippen LogP contribution in [0.2, 0.25) is 6.55 Å². The fourth-order valence-corrected chi connectivity index (χ4v) is 3.33. The van der Waals surface area contributed by atoms with Crippen LogP contribution in [0.25, 0.3) is 0 Å². The van der Waals surface area contributed by atoms with Gasteiger partial charge < -0.3 is 10.2 Å². The predicted molar refractivity (Wildman–Crippen MR) is 90.0 cm³/mol. The van der Waals surface area contributed by atoms with Crippen molar-refractivity contribution >= 4 is 19.2 Å². The number of carboxylic acids is 1. The van der Waals surface area contributed by atoms with Crippen molar-refractivity contribution in [3.05, 3.63) is 42.1 Å². The van der Waals surface area contributed by atoms with Crippen molar-refractivity contribution in [2.45, 2.75) is 39.8 Å². The summed E-state index contributed by atoms with van der Waals surface area (Å²) < 4.78 is 0. The van der Waals surface area contributed by atoms with Crippen LogP contribution in [0, 0.1) is 18.4 Å². The first-order valence-corrected chi connectivity index (χ1v) is 9.25. The molecule has 2 N–H and O–H groups in total. The van der Waals surface area contributed by atoms with E-state index in [0.29, 0.717) is 0 Å². The maximum absolute atomic E-state index is 9.68. The van der Waals surface area contributed by atoms with Gasteiger partial charge in [-0.2, -0.15) is 0 Å². The van der Waals surface area contributed by atoms with Crippen LogP contribution < -0.4 is 5.19 Å². The third-order valence-corrected chi connectivity index (χ3v) is 5.68. The first-order chi connectivity index (χ1) is 9.50. The molecule has 1 unspecified atom stereocenters. The molecule has 0 fully saturated rings. The molecule has 0 aliphatic carbocycles. The lowest BCUT2D eigenvalue weighted by molar-refractivity contribution is -0.134. The van der Waals surface area contributed by atoms with Gasteiger partial charge in [0.15, 0.2) is 8.07 Å². The van der Waals surface area contributed by atoms with Crippen LogP contribution >= 0.6 is 0 Å². The van der Waals surface area contributed by atoms with Crippen LogP contribution in [0.3, 0.4) is 0 Å². The normalized spacial score (nSPS) is 12.9. The van der Waals surface area contributed by atoms with Gasteiger partial charge in [0.1, 0.15) is 5.60 Å².